The summed E-state index contributed by atoms with van der Waals surface area (Å²) in [5, 5.41) is 13.2. The number of hydrogen-bond acceptors (Lipinski definition) is 5. The SMILES string of the molecule is CN1CCC(CNc2ccccc2S(=O)(=O)Nc2ccc3c(c2C(=O)O)CCCC3)CC1. The lowest BCUT2D eigenvalue weighted by molar-refractivity contribution is 0.0696. The van der Waals surface area contributed by atoms with Gasteiger partial charge in [-0.25, -0.2) is 13.2 Å². The van der Waals surface area contributed by atoms with Gasteiger partial charge in [-0.05, 0) is 93.9 Å². The summed E-state index contributed by atoms with van der Waals surface area (Å²) in [6.45, 7) is 2.80. The molecule has 0 bridgehead atoms. The molecule has 8 heteroatoms. The van der Waals surface area contributed by atoms with Crippen molar-refractivity contribution in [3.05, 3.63) is 53.1 Å². The first-order valence-electron chi connectivity index (χ1n) is 11.3. The summed E-state index contributed by atoms with van der Waals surface area (Å²) < 4.78 is 29.2. The molecule has 2 aromatic rings. The van der Waals surface area contributed by atoms with Gasteiger partial charge in [0.25, 0.3) is 10.0 Å². The van der Waals surface area contributed by atoms with Gasteiger partial charge in [-0.2, -0.15) is 0 Å². The topological polar surface area (TPSA) is 98.7 Å². The first-order chi connectivity index (χ1) is 15.3. The van der Waals surface area contributed by atoms with E-state index in [-0.39, 0.29) is 16.1 Å². The number of aromatic carboxylic acids is 1. The van der Waals surface area contributed by atoms with Gasteiger partial charge in [0.05, 0.1) is 16.9 Å². The Morgan fingerprint density at radius 1 is 1.06 bits per heavy atom. The van der Waals surface area contributed by atoms with Crippen LogP contribution in [0.15, 0.2) is 41.3 Å². The number of hydrogen-bond donors (Lipinski definition) is 3. The summed E-state index contributed by atoms with van der Waals surface area (Å²) in [5.74, 6) is -0.607. The van der Waals surface area contributed by atoms with E-state index in [1.54, 1.807) is 30.3 Å². The summed E-state index contributed by atoms with van der Waals surface area (Å²) in [4.78, 5) is 14.5. The summed E-state index contributed by atoms with van der Waals surface area (Å²) in [7, 11) is -1.86. The molecule has 0 radical (unpaired) electrons. The number of fused-ring (bicyclic) bond motifs is 1. The number of piperidine rings is 1. The fourth-order valence-electron chi connectivity index (χ4n) is 4.72. The normalized spacial score (nSPS) is 17.5. The smallest absolute Gasteiger partial charge is 0.338 e. The van der Waals surface area contributed by atoms with Crippen LogP contribution in [0.2, 0.25) is 0 Å². The predicted octanol–water partition coefficient (Wildman–Crippen LogP) is 3.82. The number of aryl methyl sites for hydroxylation is 1. The maximum Gasteiger partial charge on any atom is 0.338 e. The van der Waals surface area contributed by atoms with Crippen molar-refractivity contribution in [1.29, 1.82) is 0 Å². The van der Waals surface area contributed by atoms with Gasteiger partial charge in [0.15, 0.2) is 0 Å². The van der Waals surface area contributed by atoms with E-state index in [0.717, 1.165) is 56.3 Å². The van der Waals surface area contributed by atoms with Gasteiger partial charge in [-0.15, -0.1) is 0 Å². The molecule has 1 heterocycles. The number of carboxylic acids is 1. The summed E-state index contributed by atoms with van der Waals surface area (Å²) in [5.41, 5.74) is 2.48. The number of anilines is 2. The number of benzene rings is 2. The van der Waals surface area contributed by atoms with E-state index in [9.17, 15) is 18.3 Å². The zero-order valence-electron chi connectivity index (χ0n) is 18.4. The zero-order valence-corrected chi connectivity index (χ0v) is 19.2. The number of para-hydroxylation sites is 1. The van der Waals surface area contributed by atoms with Crippen molar-refractivity contribution in [2.24, 2.45) is 5.92 Å². The van der Waals surface area contributed by atoms with Crippen molar-refractivity contribution in [2.75, 3.05) is 36.7 Å². The van der Waals surface area contributed by atoms with Crippen molar-refractivity contribution >= 4 is 27.4 Å². The van der Waals surface area contributed by atoms with Crippen LogP contribution in [0.1, 0.15) is 47.2 Å². The first-order valence-corrected chi connectivity index (χ1v) is 12.8. The van der Waals surface area contributed by atoms with E-state index in [0.29, 0.717) is 24.6 Å². The van der Waals surface area contributed by atoms with Gasteiger partial charge in [0.2, 0.25) is 0 Å². The Morgan fingerprint density at radius 2 is 1.78 bits per heavy atom. The minimum Gasteiger partial charge on any atom is -0.478 e. The Hall–Kier alpha value is -2.58. The van der Waals surface area contributed by atoms with Gasteiger partial charge in [-0.3, -0.25) is 4.72 Å². The molecule has 0 unspecified atom stereocenters. The molecule has 0 atom stereocenters. The fraction of sp³-hybridized carbons (Fsp3) is 0.458. The summed E-state index contributed by atoms with van der Waals surface area (Å²) in [6.07, 6.45) is 5.57. The Morgan fingerprint density at radius 3 is 2.53 bits per heavy atom. The lowest BCUT2D eigenvalue weighted by Gasteiger charge is -2.29. The van der Waals surface area contributed by atoms with E-state index < -0.39 is 16.0 Å². The molecule has 7 nitrogen and oxygen atoms in total. The molecule has 3 N–H and O–H groups in total. The standard InChI is InChI=1S/C24H31N3O4S/c1-27-14-12-17(13-15-27)16-25-20-8-4-5-9-22(20)32(30,31)26-21-11-10-18-6-2-3-7-19(18)23(21)24(28)29/h4-5,8-11,17,25-26H,2-3,6-7,12-16H2,1H3,(H,28,29). The van der Waals surface area contributed by atoms with Crippen LogP contribution in [0, 0.1) is 5.92 Å². The second-order valence-corrected chi connectivity index (χ2v) is 10.5. The minimum absolute atomic E-state index is 0.0718. The van der Waals surface area contributed by atoms with Crippen molar-refractivity contribution in [3.63, 3.8) is 0 Å². The van der Waals surface area contributed by atoms with Crippen LogP contribution in [-0.2, 0) is 22.9 Å². The van der Waals surface area contributed by atoms with Crippen molar-refractivity contribution in [1.82, 2.24) is 4.90 Å². The molecule has 1 saturated heterocycles. The van der Waals surface area contributed by atoms with Gasteiger partial charge >= 0.3 is 5.97 Å². The number of rotatable bonds is 7. The molecule has 172 valence electrons. The van der Waals surface area contributed by atoms with Crippen LogP contribution in [0.5, 0.6) is 0 Å². The molecule has 2 aromatic carbocycles. The highest BCUT2D eigenvalue weighted by Gasteiger charge is 2.26. The molecule has 32 heavy (non-hydrogen) atoms. The van der Waals surface area contributed by atoms with Crippen LogP contribution in [0.4, 0.5) is 11.4 Å². The van der Waals surface area contributed by atoms with Gasteiger partial charge in [-0.1, -0.05) is 18.2 Å². The van der Waals surface area contributed by atoms with E-state index in [4.69, 9.17) is 0 Å². The first kappa shape index (κ1) is 22.6. The molecule has 0 amide bonds. The second kappa shape index (κ2) is 9.50. The maximum absolute atomic E-state index is 13.3. The second-order valence-electron chi connectivity index (χ2n) is 8.87. The number of carboxylic acid groups (broad SMARTS) is 1. The Bertz CT molecular complexity index is 1090. The summed E-state index contributed by atoms with van der Waals surface area (Å²) in [6, 6.07) is 10.2. The quantitative estimate of drug-likeness (QED) is 0.585. The Kier molecular flexibility index (Phi) is 6.71. The van der Waals surface area contributed by atoms with Crippen molar-refractivity contribution in [2.45, 2.75) is 43.4 Å². The largest absolute Gasteiger partial charge is 0.478 e. The number of sulfonamides is 1. The van der Waals surface area contributed by atoms with Gasteiger partial charge < -0.3 is 15.3 Å². The predicted molar refractivity (Wildman–Crippen MR) is 126 cm³/mol. The molecule has 0 aromatic heterocycles. The van der Waals surface area contributed by atoms with Crippen LogP contribution in [0.3, 0.4) is 0 Å². The molecule has 1 fully saturated rings. The number of nitrogens with zero attached hydrogens (tertiary/aromatic N) is 1. The third kappa shape index (κ3) is 4.91. The maximum atomic E-state index is 13.3. The number of nitrogens with one attached hydrogen (secondary N) is 2. The fourth-order valence-corrected chi connectivity index (χ4v) is 5.98. The Labute approximate surface area is 189 Å². The highest BCUT2D eigenvalue weighted by Crippen LogP contribution is 2.32. The van der Waals surface area contributed by atoms with Gasteiger partial charge in [0, 0.05) is 6.54 Å². The highest BCUT2D eigenvalue weighted by molar-refractivity contribution is 7.92. The van der Waals surface area contributed by atoms with E-state index in [2.05, 4.69) is 22.0 Å². The average molecular weight is 458 g/mol. The van der Waals surface area contributed by atoms with E-state index in [1.807, 2.05) is 6.07 Å². The minimum atomic E-state index is -3.97. The number of carbonyl (C=O) groups is 1. The van der Waals surface area contributed by atoms with Gasteiger partial charge in [0.1, 0.15) is 4.90 Å². The third-order valence-corrected chi connectivity index (χ3v) is 8.01. The van der Waals surface area contributed by atoms with E-state index in [1.165, 1.54) is 0 Å². The molecule has 0 saturated carbocycles. The van der Waals surface area contributed by atoms with Crippen LogP contribution in [0.25, 0.3) is 0 Å². The average Bonchev–Trinajstić information content (AvgIpc) is 2.78. The van der Waals surface area contributed by atoms with Crippen LogP contribution in [-0.4, -0.2) is 51.1 Å². The van der Waals surface area contributed by atoms with Crippen molar-refractivity contribution in [3.8, 4) is 0 Å². The molecular formula is C24H31N3O4S. The van der Waals surface area contributed by atoms with Crippen LogP contribution < -0.4 is 10.0 Å². The molecule has 2 aliphatic rings. The molecular weight excluding hydrogens is 426 g/mol. The molecule has 4 rings (SSSR count). The highest BCUT2D eigenvalue weighted by atomic mass is 32.2. The molecule has 1 aliphatic heterocycles. The van der Waals surface area contributed by atoms with E-state index >= 15 is 0 Å². The molecule has 0 spiro atoms. The van der Waals surface area contributed by atoms with Crippen molar-refractivity contribution < 1.29 is 18.3 Å². The lowest BCUT2D eigenvalue weighted by Crippen LogP contribution is -2.33. The summed E-state index contributed by atoms with van der Waals surface area (Å²) >= 11 is 0. The Balaban J connectivity index is 1.58. The lowest BCUT2D eigenvalue weighted by atomic mass is 9.87. The zero-order chi connectivity index (χ0) is 22.7. The third-order valence-electron chi connectivity index (χ3n) is 6.59. The van der Waals surface area contributed by atoms with Crippen LogP contribution >= 0.6 is 0 Å². The monoisotopic (exact) mass is 457 g/mol. The number of likely N-dealkylation sites (tertiary alicyclic amines) is 1. The molecule has 1 aliphatic carbocycles.